The molecule has 122 valence electrons. The molecule has 0 aliphatic carbocycles. The van der Waals surface area contributed by atoms with Gasteiger partial charge in [0.2, 0.25) is 0 Å². The molecule has 3 aromatic rings. The van der Waals surface area contributed by atoms with Crippen LogP contribution >= 0.6 is 11.6 Å². The molecule has 2 aromatic carbocycles. The second-order valence-electron chi connectivity index (χ2n) is 4.88. The Morgan fingerprint density at radius 3 is 2.62 bits per heavy atom. The fourth-order valence-corrected chi connectivity index (χ4v) is 2.24. The van der Waals surface area contributed by atoms with Crippen molar-refractivity contribution in [2.24, 2.45) is 0 Å². The number of rotatable bonds is 3. The summed E-state index contributed by atoms with van der Waals surface area (Å²) in [6.07, 6.45) is 0. The van der Waals surface area contributed by atoms with Crippen LogP contribution in [0.5, 0.6) is 0 Å². The first-order chi connectivity index (χ1) is 11.5. The first-order valence-electron chi connectivity index (χ1n) is 6.77. The number of nitrogens with one attached hydrogen (secondary N) is 1. The lowest BCUT2D eigenvalue weighted by Gasteiger charge is -2.10. The molecule has 0 unspecified atom stereocenters. The predicted octanol–water partition coefficient (Wildman–Crippen LogP) is 3.15. The van der Waals surface area contributed by atoms with Crippen molar-refractivity contribution in [2.75, 3.05) is 5.32 Å². The molecular formula is C15H10ClF2N5O. The van der Waals surface area contributed by atoms with E-state index >= 15 is 0 Å². The molecule has 0 radical (unpaired) electrons. The Morgan fingerprint density at radius 1 is 1.17 bits per heavy atom. The van der Waals surface area contributed by atoms with Crippen molar-refractivity contribution in [2.45, 2.75) is 6.92 Å². The van der Waals surface area contributed by atoms with E-state index in [0.717, 1.165) is 12.1 Å². The molecule has 0 saturated heterocycles. The van der Waals surface area contributed by atoms with E-state index in [-0.39, 0.29) is 16.3 Å². The summed E-state index contributed by atoms with van der Waals surface area (Å²) in [6, 6.07) is 7.50. The summed E-state index contributed by atoms with van der Waals surface area (Å²) in [5, 5.41) is 13.5. The lowest BCUT2D eigenvalue weighted by Crippen LogP contribution is -2.15. The van der Waals surface area contributed by atoms with Crippen LogP contribution in [0.25, 0.3) is 5.69 Å². The number of carbonyl (C=O) groups is 1. The fourth-order valence-electron chi connectivity index (χ4n) is 2.07. The van der Waals surface area contributed by atoms with Gasteiger partial charge < -0.3 is 5.32 Å². The van der Waals surface area contributed by atoms with Gasteiger partial charge >= 0.3 is 0 Å². The smallest absolute Gasteiger partial charge is 0.258 e. The van der Waals surface area contributed by atoms with E-state index in [0.29, 0.717) is 11.5 Å². The molecule has 1 amide bonds. The first kappa shape index (κ1) is 16.0. The van der Waals surface area contributed by atoms with Crippen molar-refractivity contribution in [3.8, 4) is 5.69 Å². The minimum atomic E-state index is -0.820. The molecule has 0 aliphatic heterocycles. The Bertz CT molecular complexity index is 928. The maximum absolute atomic E-state index is 14.0. The van der Waals surface area contributed by atoms with E-state index in [1.165, 1.54) is 28.9 Å². The minimum Gasteiger partial charge on any atom is -0.319 e. The Kier molecular flexibility index (Phi) is 4.22. The molecule has 6 nitrogen and oxygen atoms in total. The van der Waals surface area contributed by atoms with Crippen molar-refractivity contribution in [1.29, 1.82) is 0 Å². The molecule has 24 heavy (non-hydrogen) atoms. The SMILES string of the molecule is Cc1nnnn1-c1ccc(F)c(NC(=O)c2cc(Cl)ccc2F)c1. The van der Waals surface area contributed by atoms with Gasteiger partial charge in [0.05, 0.1) is 16.9 Å². The Morgan fingerprint density at radius 2 is 1.92 bits per heavy atom. The summed E-state index contributed by atoms with van der Waals surface area (Å²) in [5.41, 5.74) is 0.0263. The van der Waals surface area contributed by atoms with Gasteiger partial charge in [-0.15, -0.1) is 5.10 Å². The van der Waals surface area contributed by atoms with Gasteiger partial charge in [0.1, 0.15) is 11.6 Å². The third-order valence-electron chi connectivity index (χ3n) is 3.24. The van der Waals surface area contributed by atoms with E-state index in [2.05, 4.69) is 20.8 Å². The largest absolute Gasteiger partial charge is 0.319 e. The zero-order valence-electron chi connectivity index (χ0n) is 12.3. The number of anilines is 1. The molecular weight excluding hydrogens is 340 g/mol. The highest BCUT2D eigenvalue weighted by molar-refractivity contribution is 6.31. The highest BCUT2D eigenvalue weighted by atomic mass is 35.5. The van der Waals surface area contributed by atoms with E-state index in [4.69, 9.17) is 11.6 Å². The molecule has 0 bridgehead atoms. The van der Waals surface area contributed by atoms with Crippen molar-refractivity contribution in [3.05, 3.63) is 64.4 Å². The van der Waals surface area contributed by atoms with Crippen LogP contribution in [-0.2, 0) is 0 Å². The summed E-state index contributed by atoms with van der Waals surface area (Å²) < 4.78 is 29.1. The number of aryl methyl sites for hydroxylation is 1. The van der Waals surface area contributed by atoms with Crippen LogP contribution in [0.1, 0.15) is 16.2 Å². The number of hydrogen-bond acceptors (Lipinski definition) is 4. The average Bonchev–Trinajstić information content (AvgIpc) is 2.98. The normalized spacial score (nSPS) is 10.7. The number of hydrogen-bond donors (Lipinski definition) is 1. The van der Waals surface area contributed by atoms with Crippen LogP contribution in [-0.4, -0.2) is 26.1 Å². The van der Waals surface area contributed by atoms with Crippen LogP contribution in [0.4, 0.5) is 14.5 Å². The number of amides is 1. The molecule has 0 fully saturated rings. The summed E-state index contributed by atoms with van der Waals surface area (Å²) in [6.45, 7) is 1.67. The van der Waals surface area contributed by atoms with E-state index in [1.54, 1.807) is 6.92 Å². The summed E-state index contributed by atoms with van der Waals surface area (Å²) in [5.74, 6) is -1.77. The van der Waals surface area contributed by atoms with Crippen molar-refractivity contribution in [1.82, 2.24) is 20.2 Å². The van der Waals surface area contributed by atoms with Crippen LogP contribution in [0.15, 0.2) is 36.4 Å². The second-order valence-corrected chi connectivity index (χ2v) is 5.32. The lowest BCUT2D eigenvalue weighted by atomic mass is 10.2. The van der Waals surface area contributed by atoms with E-state index in [1.807, 2.05) is 0 Å². The molecule has 1 heterocycles. The molecule has 0 spiro atoms. The molecule has 0 atom stereocenters. The van der Waals surface area contributed by atoms with Gasteiger partial charge in [-0.05, 0) is 53.7 Å². The molecule has 9 heteroatoms. The third-order valence-corrected chi connectivity index (χ3v) is 3.48. The predicted molar refractivity (Wildman–Crippen MR) is 83.2 cm³/mol. The molecule has 0 saturated carbocycles. The number of aromatic nitrogens is 4. The standard InChI is InChI=1S/C15H10ClF2N5O/c1-8-20-21-22-23(8)10-3-5-13(18)14(7-10)19-15(24)11-6-9(16)2-4-12(11)17/h2-7H,1H3,(H,19,24). The lowest BCUT2D eigenvalue weighted by molar-refractivity contribution is 0.102. The number of benzene rings is 2. The van der Waals surface area contributed by atoms with Crippen LogP contribution < -0.4 is 5.32 Å². The average molecular weight is 350 g/mol. The van der Waals surface area contributed by atoms with Crippen LogP contribution in [0, 0.1) is 18.6 Å². The molecule has 3 rings (SSSR count). The van der Waals surface area contributed by atoms with Crippen LogP contribution in [0.3, 0.4) is 0 Å². The van der Waals surface area contributed by atoms with Gasteiger partial charge in [-0.25, -0.2) is 8.78 Å². The number of tetrazole rings is 1. The zero-order chi connectivity index (χ0) is 17.3. The van der Waals surface area contributed by atoms with Gasteiger partial charge in [0, 0.05) is 5.02 Å². The van der Waals surface area contributed by atoms with E-state index < -0.39 is 17.5 Å². The van der Waals surface area contributed by atoms with Gasteiger partial charge in [-0.3, -0.25) is 4.79 Å². The second kappa shape index (κ2) is 6.32. The molecule has 0 aliphatic rings. The van der Waals surface area contributed by atoms with Crippen molar-refractivity contribution >= 4 is 23.2 Å². The number of carbonyl (C=O) groups excluding carboxylic acids is 1. The summed E-state index contributed by atoms with van der Waals surface area (Å²) in [7, 11) is 0. The van der Waals surface area contributed by atoms with Gasteiger partial charge in [0.15, 0.2) is 5.82 Å². The summed E-state index contributed by atoms with van der Waals surface area (Å²) >= 11 is 5.76. The molecule has 1 aromatic heterocycles. The maximum atomic E-state index is 14.0. The van der Waals surface area contributed by atoms with E-state index in [9.17, 15) is 13.6 Å². The highest BCUT2D eigenvalue weighted by Gasteiger charge is 2.15. The summed E-state index contributed by atoms with van der Waals surface area (Å²) in [4.78, 5) is 12.2. The minimum absolute atomic E-state index is 0.133. The first-order valence-corrected chi connectivity index (χ1v) is 7.15. The maximum Gasteiger partial charge on any atom is 0.258 e. The van der Waals surface area contributed by atoms with Gasteiger partial charge in [0.25, 0.3) is 5.91 Å². The number of nitrogens with zero attached hydrogens (tertiary/aromatic N) is 4. The third kappa shape index (κ3) is 3.09. The number of halogens is 3. The fraction of sp³-hybridized carbons (Fsp3) is 0.0667. The Balaban J connectivity index is 1.94. The van der Waals surface area contributed by atoms with Gasteiger partial charge in [-0.1, -0.05) is 11.6 Å². The Hall–Kier alpha value is -2.87. The zero-order valence-corrected chi connectivity index (χ0v) is 13.1. The quantitative estimate of drug-likeness (QED) is 0.788. The topological polar surface area (TPSA) is 72.7 Å². The highest BCUT2D eigenvalue weighted by Crippen LogP contribution is 2.21. The van der Waals surface area contributed by atoms with Crippen LogP contribution in [0.2, 0.25) is 5.02 Å². The molecule has 1 N–H and O–H groups in total. The van der Waals surface area contributed by atoms with Crippen molar-refractivity contribution in [3.63, 3.8) is 0 Å². The van der Waals surface area contributed by atoms with Crippen molar-refractivity contribution < 1.29 is 13.6 Å². The van der Waals surface area contributed by atoms with Gasteiger partial charge in [-0.2, -0.15) is 4.68 Å². The Labute approximate surface area is 140 Å². The monoisotopic (exact) mass is 349 g/mol.